The molecule has 0 saturated carbocycles. The maximum Gasteiger partial charge on any atom is 0.0570 e. The first-order chi connectivity index (χ1) is 5.61. The minimum atomic E-state index is -0.362. The van der Waals surface area contributed by atoms with Crippen LogP contribution in [-0.4, -0.2) is 35.2 Å². The highest BCUT2D eigenvalue weighted by Gasteiger charge is 2.23. The summed E-state index contributed by atoms with van der Waals surface area (Å²) in [6.07, 6.45) is 1.84. The Labute approximate surface area is 75.6 Å². The molecule has 1 rings (SSSR count). The summed E-state index contributed by atoms with van der Waals surface area (Å²) in [6, 6.07) is 0.646. The Morgan fingerprint density at radius 3 is 2.17 bits per heavy atom. The molecule has 1 fully saturated rings. The summed E-state index contributed by atoms with van der Waals surface area (Å²) in [7, 11) is 0. The second-order valence-corrected chi connectivity index (χ2v) is 4.03. The molecule has 2 heteroatoms. The molecule has 1 atom stereocenters. The predicted octanol–water partition coefficient (Wildman–Crippen LogP) is 1.30. The van der Waals surface area contributed by atoms with Gasteiger partial charge in [-0.25, -0.2) is 0 Å². The number of likely N-dealkylation sites (tertiary alicyclic amines) is 1. The second kappa shape index (κ2) is 4.24. The number of piperidine rings is 1. The van der Waals surface area contributed by atoms with Gasteiger partial charge < -0.3 is 10.0 Å². The Morgan fingerprint density at radius 1 is 1.33 bits per heavy atom. The summed E-state index contributed by atoms with van der Waals surface area (Å²) in [5.74, 6) is 0.431. The minimum absolute atomic E-state index is 0.362. The van der Waals surface area contributed by atoms with Crippen LogP contribution < -0.4 is 0 Å². The van der Waals surface area contributed by atoms with Gasteiger partial charge in [0.2, 0.25) is 0 Å². The van der Waals surface area contributed by atoms with E-state index in [0.29, 0.717) is 12.0 Å². The van der Waals surface area contributed by atoms with E-state index in [1.165, 1.54) is 0 Å². The van der Waals surface area contributed by atoms with Gasteiger partial charge in [0.25, 0.3) is 0 Å². The Morgan fingerprint density at radius 2 is 1.83 bits per heavy atom. The number of hydrogen-bond acceptors (Lipinski definition) is 2. The van der Waals surface area contributed by atoms with Crippen molar-refractivity contribution in [1.29, 1.82) is 0 Å². The molecule has 0 amide bonds. The van der Waals surface area contributed by atoms with Crippen LogP contribution in [0.2, 0.25) is 0 Å². The van der Waals surface area contributed by atoms with Crippen LogP contribution >= 0.6 is 0 Å². The van der Waals surface area contributed by atoms with Gasteiger partial charge in [0, 0.05) is 6.04 Å². The molecule has 0 spiro atoms. The number of hydrogen-bond donors (Lipinski definition) is 1. The summed E-state index contributed by atoms with van der Waals surface area (Å²) < 4.78 is 0. The summed E-state index contributed by atoms with van der Waals surface area (Å²) in [6.45, 7) is 10.4. The van der Waals surface area contributed by atoms with Gasteiger partial charge in [0.15, 0.2) is 0 Å². The largest absolute Gasteiger partial charge is 0.393 e. The van der Waals surface area contributed by atoms with Gasteiger partial charge in [-0.2, -0.15) is 0 Å². The van der Waals surface area contributed by atoms with E-state index in [0.717, 1.165) is 25.9 Å². The summed E-state index contributed by atoms with van der Waals surface area (Å²) in [4.78, 5) is 2.46. The van der Waals surface area contributed by atoms with Gasteiger partial charge in [-0.05, 0) is 52.6 Å². The van der Waals surface area contributed by atoms with Gasteiger partial charge in [-0.1, -0.05) is 0 Å². The van der Waals surface area contributed by atoms with E-state index >= 15 is 0 Å². The standard InChI is InChI=1S/C10H20NO/c1-8(2)11-6-4-10(5-7-11)9(3)12/h8-10,12H,3-7H2,1-2H3. The third-order valence-electron chi connectivity index (χ3n) is 2.85. The Kier molecular flexibility index (Phi) is 3.53. The van der Waals surface area contributed by atoms with E-state index in [1.54, 1.807) is 0 Å². The molecule has 12 heavy (non-hydrogen) atoms. The highest BCUT2D eigenvalue weighted by atomic mass is 16.3. The molecule has 0 aromatic heterocycles. The van der Waals surface area contributed by atoms with Crippen LogP contribution in [0.25, 0.3) is 0 Å². The van der Waals surface area contributed by atoms with Gasteiger partial charge in [-0.15, -0.1) is 0 Å². The molecule has 1 unspecified atom stereocenters. The molecule has 0 aromatic rings. The van der Waals surface area contributed by atoms with Crippen molar-refractivity contribution in [3.63, 3.8) is 0 Å². The first kappa shape index (κ1) is 10.0. The summed E-state index contributed by atoms with van der Waals surface area (Å²) >= 11 is 0. The van der Waals surface area contributed by atoms with Crippen molar-refractivity contribution in [3.8, 4) is 0 Å². The molecule has 1 heterocycles. The Hall–Kier alpha value is -0.0800. The highest BCUT2D eigenvalue weighted by Crippen LogP contribution is 2.21. The molecule has 1 aliphatic rings. The van der Waals surface area contributed by atoms with Crippen molar-refractivity contribution >= 4 is 0 Å². The fourth-order valence-electron chi connectivity index (χ4n) is 1.82. The summed E-state index contributed by atoms with van der Waals surface area (Å²) in [5.41, 5.74) is 0. The number of aliphatic hydroxyl groups is 1. The molecule has 1 saturated heterocycles. The van der Waals surface area contributed by atoms with Gasteiger partial charge in [0.1, 0.15) is 0 Å². The molecule has 0 bridgehead atoms. The van der Waals surface area contributed by atoms with Crippen LogP contribution in [0.5, 0.6) is 0 Å². The molecular formula is C10H20NO. The van der Waals surface area contributed by atoms with Crippen molar-refractivity contribution in [2.24, 2.45) is 5.92 Å². The SMILES string of the molecule is [CH2]C(O)C1CCN(C(C)C)CC1. The second-order valence-electron chi connectivity index (χ2n) is 4.03. The van der Waals surface area contributed by atoms with Crippen LogP contribution in [0.3, 0.4) is 0 Å². The van der Waals surface area contributed by atoms with Crippen molar-refractivity contribution < 1.29 is 5.11 Å². The normalized spacial score (nSPS) is 24.8. The number of nitrogens with zero attached hydrogens (tertiary/aromatic N) is 1. The average molecular weight is 170 g/mol. The van der Waals surface area contributed by atoms with Gasteiger partial charge in [0.05, 0.1) is 6.10 Å². The lowest BCUT2D eigenvalue weighted by atomic mass is 9.92. The van der Waals surface area contributed by atoms with Gasteiger partial charge in [-0.3, -0.25) is 0 Å². The fourth-order valence-corrected chi connectivity index (χ4v) is 1.82. The van der Waals surface area contributed by atoms with E-state index in [2.05, 4.69) is 25.7 Å². The van der Waals surface area contributed by atoms with Crippen molar-refractivity contribution in [2.45, 2.75) is 38.8 Å². The van der Waals surface area contributed by atoms with Gasteiger partial charge >= 0.3 is 0 Å². The van der Waals surface area contributed by atoms with E-state index in [1.807, 2.05) is 0 Å². The van der Waals surface area contributed by atoms with Crippen LogP contribution in [0.4, 0.5) is 0 Å². The van der Waals surface area contributed by atoms with Crippen molar-refractivity contribution in [3.05, 3.63) is 6.92 Å². The molecule has 1 aliphatic heterocycles. The van der Waals surface area contributed by atoms with Crippen LogP contribution in [0.15, 0.2) is 0 Å². The monoisotopic (exact) mass is 170 g/mol. The lowest BCUT2D eigenvalue weighted by Gasteiger charge is -2.35. The minimum Gasteiger partial charge on any atom is -0.393 e. The molecular weight excluding hydrogens is 150 g/mol. The van der Waals surface area contributed by atoms with E-state index in [-0.39, 0.29) is 6.10 Å². The summed E-state index contributed by atoms with van der Waals surface area (Å²) in [5, 5.41) is 9.27. The average Bonchev–Trinajstić information content (AvgIpc) is 2.04. The van der Waals surface area contributed by atoms with E-state index in [4.69, 9.17) is 0 Å². The molecule has 2 nitrogen and oxygen atoms in total. The maximum absolute atomic E-state index is 9.27. The van der Waals surface area contributed by atoms with Crippen LogP contribution in [0, 0.1) is 12.8 Å². The Balaban J connectivity index is 2.30. The molecule has 0 aliphatic carbocycles. The maximum atomic E-state index is 9.27. The molecule has 1 radical (unpaired) electrons. The third kappa shape index (κ3) is 2.46. The third-order valence-corrected chi connectivity index (χ3v) is 2.85. The number of aliphatic hydroxyl groups excluding tert-OH is 1. The zero-order valence-corrected chi connectivity index (χ0v) is 8.16. The first-order valence-corrected chi connectivity index (χ1v) is 4.86. The lowest BCUT2D eigenvalue weighted by Crippen LogP contribution is -2.40. The van der Waals surface area contributed by atoms with Crippen molar-refractivity contribution in [1.82, 2.24) is 4.90 Å². The quantitative estimate of drug-likeness (QED) is 0.675. The lowest BCUT2D eigenvalue weighted by molar-refractivity contribution is 0.0755. The Bertz CT molecular complexity index is 110. The molecule has 1 N–H and O–H groups in total. The van der Waals surface area contributed by atoms with Crippen LogP contribution in [0.1, 0.15) is 26.7 Å². The van der Waals surface area contributed by atoms with E-state index in [9.17, 15) is 5.11 Å². The highest BCUT2D eigenvalue weighted by molar-refractivity contribution is 4.79. The molecule has 0 aromatic carbocycles. The van der Waals surface area contributed by atoms with E-state index < -0.39 is 0 Å². The van der Waals surface area contributed by atoms with Crippen molar-refractivity contribution in [2.75, 3.05) is 13.1 Å². The zero-order chi connectivity index (χ0) is 9.14. The topological polar surface area (TPSA) is 23.5 Å². The zero-order valence-electron chi connectivity index (χ0n) is 8.16. The van der Waals surface area contributed by atoms with Crippen LogP contribution in [-0.2, 0) is 0 Å². The molecule has 71 valence electrons. The fraction of sp³-hybridized carbons (Fsp3) is 0.900. The predicted molar refractivity (Wildman–Crippen MR) is 50.8 cm³/mol. The number of rotatable bonds is 2. The smallest absolute Gasteiger partial charge is 0.0570 e. The first-order valence-electron chi connectivity index (χ1n) is 4.86.